The van der Waals surface area contributed by atoms with E-state index in [0.717, 1.165) is 0 Å². The van der Waals surface area contributed by atoms with E-state index < -0.39 is 15.7 Å². The zero-order valence-corrected chi connectivity index (χ0v) is 8.03. The van der Waals surface area contributed by atoms with E-state index in [1.165, 1.54) is 0 Å². The van der Waals surface area contributed by atoms with Gasteiger partial charge >= 0.3 is 0 Å². The lowest BCUT2D eigenvalue weighted by molar-refractivity contribution is 0.0961. The fourth-order valence-corrected chi connectivity index (χ4v) is 2.70. The monoisotopic (exact) mass is 208 g/mol. The first kappa shape index (κ1) is 9.36. The topological polar surface area (TPSA) is 58.2 Å². The summed E-state index contributed by atoms with van der Waals surface area (Å²) < 4.78 is 38.2. The average Bonchev–Trinajstić information content (AvgIpc) is 2.79. The highest BCUT2D eigenvalue weighted by molar-refractivity contribution is 7.90. The maximum Gasteiger partial charge on any atom is 0.214 e. The van der Waals surface area contributed by atoms with Crippen LogP contribution >= 0.6 is 0 Å². The third-order valence-electron chi connectivity index (χ3n) is 2.44. The Labute approximate surface area is 76.9 Å². The van der Waals surface area contributed by atoms with Crippen molar-refractivity contribution < 1.29 is 12.8 Å². The van der Waals surface area contributed by atoms with Crippen LogP contribution in [0, 0.1) is 0 Å². The highest BCUT2D eigenvalue weighted by Crippen LogP contribution is 2.28. The van der Waals surface area contributed by atoms with Crippen molar-refractivity contribution in [1.29, 1.82) is 0 Å². The van der Waals surface area contributed by atoms with Crippen LogP contribution in [0.2, 0.25) is 0 Å². The summed E-state index contributed by atoms with van der Waals surface area (Å²) in [6, 6.07) is 0. The fraction of sp³-hybridized carbons (Fsp3) is 1.00. The van der Waals surface area contributed by atoms with E-state index >= 15 is 0 Å². The maximum atomic E-state index is 13.3. The van der Waals surface area contributed by atoms with Gasteiger partial charge in [-0.25, -0.2) is 17.5 Å². The normalized spacial score (nSPS) is 26.8. The van der Waals surface area contributed by atoms with Crippen molar-refractivity contribution in [3.05, 3.63) is 0 Å². The molecule has 0 radical (unpaired) electrons. The zero-order valence-electron chi connectivity index (χ0n) is 7.22. The van der Waals surface area contributed by atoms with Crippen molar-refractivity contribution in [3.8, 4) is 0 Å². The predicted molar refractivity (Wildman–Crippen MR) is 46.7 cm³/mol. The van der Waals surface area contributed by atoms with Crippen LogP contribution in [0.3, 0.4) is 0 Å². The molecule has 0 aromatic carbocycles. The Morgan fingerprint density at radius 3 is 2.46 bits per heavy atom. The molecule has 0 atom stereocenters. The lowest BCUT2D eigenvalue weighted by atomic mass is 10.0. The second-order valence-electron chi connectivity index (χ2n) is 3.82. The molecule has 76 valence electrons. The van der Waals surface area contributed by atoms with Gasteiger partial charge in [-0.3, -0.25) is 0 Å². The first-order valence-corrected chi connectivity index (χ1v) is 5.95. The van der Waals surface area contributed by atoms with Gasteiger partial charge < -0.3 is 5.32 Å². The standard InChI is InChI=1S/C7H13FN2O2S/c8-7(3-9-4-7)5-10-13(11,12)6-1-2-6/h6,9-10H,1-5H2. The lowest BCUT2D eigenvalue weighted by Gasteiger charge is -2.34. The molecule has 2 rings (SSSR count). The third kappa shape index (κ3) is 2.00. The summed E-state index contributed by atoms with van der Waals surface area (Å²) in [5.41, 5.74) is -1.36. The van der Waals surface area contributed by atoms with Gasteiger partial charge in [0.15, 0.2) is 0 Å². The van der Waals surface area contributed by atoms with E-state index in [4.69, 9.17) is 0 Å². The Bertz CT molecular complexity index is 296. The van der Waals surface area contributed by atoms with Crippen LogP contribution in [0.4, 0.5) is 4.39 Å². The fourth-order valence-electron chi connectivity index (χ4n) is 1.25. The number of hydrogen-bond donors (Lipinski definition) is 2. The van der Waals surface area contributed by atoms with Gasteiger partial charge in [-0.2, -0.15) is 0 Å². The summed E-state index contributed by atoms with van der Waals surface area (Å²) in [7, 11) is -3.21. The van der Waals surface area contributed by atoms with Crippen LogP contribution in [0.5, 0.6) is 0 Å². The molecule has 2 fully saturated rings. The van der Waals surface area contributed by atoms with Crippen LogP contribution in [0.15, 0.2) is 0 Å². The van der Waals surface area contributed by atoms with E-state index in [2.05, 4.69) is 10.0 Å². The molecule has 0 spiro atoms. The minimum atomic E-state index is -3.21. The maximum absolute atomic E-state index is 13.3. The van der Waals surface area contributed by atoms with Crippen LogP contribution in [-0.4, -0.2) is 39.0 Å². The predicted octanol–water partition coefficient (Wildman–Crippen LogP) is -0.620. The van der Waals surface area contributed by atoms with Gasteiger partial charge in [0.05, 0.1) is 5.25 Å². The molecule has 6 heteroatoms. The van der Waals surface area contributed by atoms with Gasteiger partial charge in [-0.1, -0.05) is 0 Å². The Morgan fingerprint density at radius 2 is 2.08 bits per heavy atom. The van der Waals surface area contributed by atoms with E-state index in [-0.39, 0.29) is 24.9 Å². The summed E-state index contributed by atoms with van der Waals surface area (Å²) in [5, 5.41) is 2.51. The van der Waals surface area contributed by atoms with Gasteiger partial charge in [0.1, 0.15) is 5.67 Å². The minimum absolute atomic E-state index is 0.0845. The second-order valence-corrected chi connectivity index (χ2v) is 5.87. The number of sulfonamides is 1. The number of hydrogen-bond acceptors (Lipinski definition) is 3. The number of rotatable bonds is 4. The van der Waals surface area contributed by atoms with Gasteiger partial charge in [0.25, 0.3) is 0 Å². The molecule has 13 heavy (non-hydrogen) atoms. The van der Waals surface area contributed by atoms with Crippen LogP contribution in [-0.2, 0) is 10.0 Å². The quantitative estimate of drug-likeness (QED) is 0.647. The molecule has 2 aliphatic rings. The largest absolute Gasteiger partial charge is 0.310 e. The molecular formula is C7H13FN2O2S. The van der Waals surface area contributed by atoms with Crippen molar-refractivity contribution in [2.45, 2.75) is 23.8 Å². The smallest absolute Gasteiger partial charge is 0.214 e. The Balaban J connectivity index is 1.84. The van der Waals surface area contributed by atoms with Crippen molar-refractivity contribution in [2.75, 3.05) is 19.6 Å². The molecule has 1 heterocycles. The SMILES string of the molecule is O=S(=O)(NCC1(F)CNC1)C1CC1. The van der Waals surface area contributed by atoms with Crippen LogP contribution < -0.4 is 10.0 Å². The Morgan fingerprint density at radius 1 is 1.46 bits per heavy atom. The molecule has 0 aromatic heterocycles. The highest BCUT2D eigenvalue weighted by atomic mass is 32.2. The van der Waals surface area contributed by atoms with Gasteiger partial charge in [-0.05, 0) is 12.8 Å². The number of nitrogens with one attached hydrogen (secondary N) is 2. The van der Waals surface area contributed by atoms with Crippen molar-refractivity contribution in [2.24, 2.45) is 0 Å². The average molecular weight is 208 g/mol. The van der Waals surface area contributed by atoms with Crippen LogP contribution in [0.1, 0.15) is 12.8 Å². The van der Waals surface area contributed by atoms with Gasteiger partial charge in [0, 0.05) is 19.6 Å². The Hall–Kier alpha value is -0.200. The summed E-state index contributed by atoms with van der Waals surface area (Å²) >= 11 is 0. The number of halogens is 1. The summed E-state index contributed by atoms with van der Waals surface area (Å²) in [6.07, 6.45) is 1.43. The van der Waals surface area contributed by atoms with Crippen LogP contribution in [0.25, 0.3) is 0 Å². The first-order chi connectivity index (χ1) is 6.02. The third-order valence-corrected chi connectivity index (χ3v) is 4.33. The molecule has 0 unspecified atom stereocenters. The molecule has 2 N–H and O–H groups in total. The highest BCUT2D eigenvalue weighted by Gasteiger charge is 2.41. The van der Waals surface area contributed by atoms with E-state index in [0.29, 0.717) is 12.8 Å². The van der Waals surface area contributed by atoms with Gasteiger partial charge in [0.2, 0.25) is 10.0 Å². The summed E-state index contributed by atoms with van der Waals surface area (Å²) in [4.78, 5) is 0. The Kier molecular flexibility index (Phi) is 2.08. The van der Waals surface area contributed by atoms with Gasteiger partial charge in [-0.15, -0.1) is 0 Å². The van der Waals surface area contributed by atoms with Crippen molar-refractivity contribution in [1.82, 2.24) is 10.0 Å². The molecule has 0 aromatic rings. The molecule has 1 aliphatic heterocycles. The second kappa shape index (κ2) is 2.90. The molecule has 0 bridgehead atoms. The van der Waals surface area contributed by atoms with E-state index in [9.17, 15) is 12.8 Å². The van der Waals surface area contributed by atoms with E-state index in [1.54, 1.807) is 0 Å². The molecule has 0 amide bonds. The summed E-state index contributed by atoms with van der Waals surface area (Å²) in [5.74, 6) is 0. The molecule has 1 saturated carbocycles. The number of alkyl halides is 1. The van der Waals surface area contributed by atoms with Crippen molar-refractivity contribution >= 4 is 10.0 Å². The minimum Gasteiger partial charge on any atom is -0.310 e. The molecular weight excluding hydrogens is 195 g/mol. The zero-order chi connectivity index (χ0) is 9.53. The molecule has 1 saturated heterocycles. The molecule has 1 aliphatic carbocycles. The van der Waals surface area contributed by atoms with E-state index in [1.807, 2.05) is 0 Å². The summed E-state index contributed by atoms with van der Waals surface area (Å²) in [6.45, 7) is 0.416. The van der Waals surface area contributed by atoms with Crippen molar-refractivity contribution in [3.63, 3.8) is 0 Å². The lowest BCUT2D eigenvalue weighted by Crippen LogP contribution is -2.61. The molecule has 4 nitrogen and oxygen atoms in total. The first-order valence-electron chi connectivity index (χ1n) is 4.40.